The van der Waals surface area contributed by atoms with Crippen LogP contribution in [0.5, 0.6) is 0 Å². The minimum absolute atomic E-state index is 0.181. The Morgan fingerprint density at radius 1 is 1.04 bits per heavy atom. The van der Waals surface area contributed by atoms with Gasteiger partial charge in [-0.15, -0.1) is 0 Å². The molecule has 2 rings (SSSR count). The van der Waals surface area contributed by atoms with E-state index in [0.29, 0.717) is 22.3 Å². The highest BCUT2D eigenvalue weighted by atomic mass is 19.4. The number of halogens is 3. The Bertz CT molecular complexity index is 803. The lowest BCUT2D eigenvalue weighted by atomic mass is 9.95. The number of carbonyl (C=O) groups is 1. The monoisotopic (exact) mass is 348 g/mol. The van der Waals surface area contributed by atoms with E-state index in [1.807, 2.05) is 0 Å². The third-order valence-electron chi connectivity index (χ3n) is 3.45. The first-order valence-corrected chi connectivity index (χ1v) is 7.30. The fourth-order valence-corrected chi connectivity index (χ4v) is 2.26. The molecule has 0 spiro atoms. The van der Waals surface area contributed by atoms with Crippen LogP contribution in [0.25, 0.3) is 5.57 Å². The van der Waals surface area contributed by atoms with Gasteiger partial charge in [0.05, 0.1) is 12.2 Å². The molecule has 2 N–H and O–H groups in total. The zero-order valence-corrected chi connectivity index (χ0v) is 13.0. The summed E-state index contributed by atoms with van der Waals surface area (Å²) in [5.41, 5.74) is 1.57. The quantitative estimate of drug-likeness (QED) is 0.627. The van der Waals surface area contributed by atoms with Gasteiger partial charge in [0.2, 0.25) is 0 Å². The number of carboxylic acids is 1. The fraction of sp³-hybridized carbons (Fsp3) is 0.105. The lowest BCUT2D eigenvalue weighted by molar-refractivity contribution is -0.137. The summed E-state index contributed by atoms with van der Waals surface area (Å²) in [5, 5.41) is 18.0. The molecule has 6 heteroatoms. The van der Waals surface area contributed by atoms with Crippen LogP contribution < -0.4 is 0 Å². The van der Waals surface area contributed by atoms with Gasteiger partial charge in [-0.1, -0.05) is 42.5 Å². The molecule has 0 aliphatic rings. The minimum Gasteiger partial charge on any atom is -0.478 e. The van der Waals surface area contributed by atoms with Gasteiger partial charge in [-0.25, -0.2) is 4.79 Å². The first-order chi connectivity index (χ1) is 11.8. The SMILES string of the molecule is O=C(O)/C=C/C=C(\c1ccc(C(F)(F)F)cc1)c1cccc(CO)c1. The van der Waals surface area contributed by atoms with Crippen molar-refractivity contribution in [2.45, 2.75) is 12.8 Å². The summed E-state index contributed by atoms with van der Waals surface area (Å²) >= 11 is 0. The number of aliphatic hydroxyl groups is 1. The number of aliphatic hydroxyl groups excluding tert-OH is 1. The van der Waals surface area contributed by atoms with Crippen LogP contribution in [0.15, 0.2) is 66.8 Å². The molecule has 130 valence electrons. The van der Waals surface area contributed by atoms with Crippen molar-refractivity contribution < 1.29 is 28.2 Å². The second kappa shape index (κ2) is 7.81. The Labute approximate surface area is 142 Å². The van der Waals surface area contributed by atoms with Crippen molar-refractivity contribution in [1.29, 1.82) is 0 Å². The number of carboxylic acid groups (broad SMARTS) is 1. The highest BCUT2D eigenvalue weighted by Crippen LogP contribution is 2.31. The van der Waals surface area contributed by atoms with Crippen molar-refractivity contribution in [3.05, 3.63) is 89.0 Å². The van der Waals surface area contributed by atoms with Gasteiger partial charge in [0, 0.05) is 6.08 Å². The Balaban J connectivity index is 2.49. The van der Waals surface area contributed by atoms with Crippen LogP contribution in [0.2, 0.25) is 0 Å². The number of aliphatic carboxylic acids is 1. The van der Waals surface area contributed by atoms with Crippen LogP contribution in [-0.4, -0.2) is 16.2 Å². The maximum absolute atomic E-state index is 12.7. The van der Waals surface area contributed by atoms with E-state index in [-0.39, 0.29) is 6.61 Å². The van der Waals surface area contributed by atoms with Crippen LogP contribution in [0, 0.1) is 0 Å². The van der Waals surface area contributed by atoms with E-state index in [4.69, 9.17) is 5.11 Å². The van der Waals surface area contributed by atoms with Crippen LogP contribution in [0.4, 0.5) is 13.2 Å². The summed E-state index contributed by atoms with van der Waals surface area (Å²) in [6.07, 6.45) is -0.684. The average molecular weight is 348 g/mol. The molecule has 0 unspecified atom stereocenters. The van der Waals surface area contributed by atoms with Crippen LogP contribution >= 0.6 is 0 Å². The molecule has 0 aliphatic carbocycles. The molecule has 0 atom stereocenters. The molecule has 2 aromatic rings. The predicted octanol–water partition coefficient (Wildman–Crippen LogP) is 4.27. The number of hydrogen-bond donors (Lipinski definition) is 2. The number of alkyl halides is 3. The summed E-state index contributed by atoms with van der Waals surface area (Å²) < 4.78 is 38.1. The van der Waals surface area contributed by atoms with E-state index in [9.17, 15) is 23.1 Å². The smallest absolute Gasteiger partial charge is 0.416 e. The van der Waals surface area contributed by atoms with Crippen molar-refractivity contribution in [3.63, 3.8) is 0 Å². The second-order valence-electron chi connectivity index (χ2n) is 5.21. The highest BCUT2D eigenvalue weighted by molar-refractivity contribution is 5.84. The van der Waals surface area contributed by atoms with Gasteiger partial charge in [0.15, 0.2) is 0 Å². The predicted molar refractivity (Wildman–Crippen MR) is 87.7 cm³/mol. The Morgan fingerprint density at radius 2 is 1.72 bits per heavy atom. The minimum atomic E-state index is -4.43. The van der Waals surface area contributed by atoms with Crippen molar-refractivity contribution in [2.75, 3.05) is 0 Å². The van der Waals surface area contributed by atoms with E-state index in [0.717, 1.165) is 18.2 Å². The van der Waals surface area contributed by atoms with E-state index in [1.165, 1.54) is 24.3 Å². The second-order valence-corrected chi connectivity index (χ2v) is 5.21. The van der Waals surface area contributed by atoms with Crippen LogP contribution in [0.1, 0.15) is 22.3 Å². The molecule has 2 aromatic carbocycles. The van der Waals surface area contributed by atoms with Crippen molar-refractivity contribution in [1.82, 2.24) is 0 Å². The Hall–Kier alpha value is -2.86. The summed E-state index contributed by atoms with van der Waals surface area (Å²) in [6.45, 7) is -0.181. The van der Waals surface area contributed by atoms with E-state index < -0.39 is 17.7 Å². The standard InChI is InChI=1S/C19H15F3O3/c20-19(21,22)16-9-7-14(8-10-16)17(5-2-6-18(24)25)15-4-1-3-13(11-15)12-23/h1-11,23H,12H2,(H,24,25)/b6-2+,17-5+. The molecule has 0 radical (unpaired) electrons. The fourth-order valence-electron chi connectivity index (χ4n) is 2.26. The molecule has 0 amide bonds. The first kappa shape index (κ1) is 18.5. The molecule has 0 saturated carbocycles. The zero-order chi connectivity index (χ0) is 18.4. The van der Waals surface area contributed by atoms with Gasteiger partial charge < -0.3 is 10.2 Å². The molecular formula is C19H15F3O3. The van der Waals surface area contributed by atoms with E-state index in [1.54, 1.807) is 24.3 Å². The molecule has 0 aromatic heterocycles. The molecule has 0 bridgehead atoms. The average Bonchev–Trinajstić information content (AvgIpc) is 2.58. The zero-order valence-electron chi connectivity index (χ0n) is 13.0. The number of allylic oxidation sites excluding steroid dienone is 2. The lowest BCUT2D eigenvalue weighted by Crippen LogP contribution is -2.04. The normalized spacial score (nSPS) is 12.6. The van der Waals surface area contributed by atoms with Crippen molar-refractivity contribution >= 4 is 11.5 Å². The van der Waals surface area contributed by atoms with Gasteiger partial charge in [-0.3, -0.25) is 0 Å². The molecule has 3 nitrogen and oxygen atoms in total. The first-order valence-electron chi connectivity index (χ1n) is 7.30. The summed E-state index contributed by atoms with van der Waals surface area (Å²) in [6, 6.07) is 11.4. The van der Waals surface area contributed by atoms with Crippen molar-refractivity contribution in [2.24, 2.45) is 0 Å². The van der Waals surface area contributed by atoms with Crippen molar-refractivity contribution in [3.8, 4) is 0 Å². The maximum Gasteiger partial charge on any atom is 0.416 e. The number of rotatable bonds is 5. The topological polar surface area (TPSA) is 57.5 Å². The van der Waals surface area contributed by atoms with Gasteiger partial charge in [0.1, 0.15) is 0 Å². The van der Waals surface area contributed by atoms with E-state index >= 15 is 0 Å². The third-order valence-corrected chi connectivity index (χ3v) is 3.45. The molecule has 0 saturated heterocycles. The maximum atomic E-state index is 12.7. The molecule has 0 heterocycles. The Kier molecular flexibility index (Phi) is 5.77. The highest BCUT2D eigenvalue weighted by Gasteiger charge is 2.30. The van der Waals surface area contributed by atoms with Gasteiger partial charge in [0.25, 0.3) is 0 Å². The number of hydrogen-bond acceptors (Lipinski definition) is 2. The van der Waals surface area contributed by atoms with Crippen LogP contribution in [-0.2, 0) is 17.6 Å². The molecular weight excluding hydrogens is 333 g/mol. The van der Waals surface area contributed by atoms with Gasteiger partial charge in [-0.2, -0.15) is 13.2 Å². The molecule has 0 fully saturated rings. The van der Waals surface area contributed by atoms with Gasteiger partial charge >= 0.3 is 12.1 Å². The van der Waals surface area contributed by atoms with E-state index in [2.05, 4.69) is 0 Å². The molecule has 0 aliphatic heterocycles. The summed E-state index contributed by atoms with van der Waals surface area (Å²) in [4.78, 5) is 10.6. The lowest BCUT2D eigenvalue weighted by Gasteiger charge is -2.11. The largest absolute Gasteiger partial charge is 0.478 e. The third kappa shape index (κ3) is 5.06. The van der Waals surface area contributed by atoms with Crippen LogP contribution in [0.3, 0.4) is 0 Å². The Morgan fingerprint density at radius 3 is 2.28 bits per heavy atom. The molecule has 25 heavy (non-hydrogen) atoms. The summed E-state index contributed by atoms with van der Waals surface area (Å²) in [7, 11) is 0. The summed E-state index contributed by atoms with van der Waals surface area (Å²) in [5.74, 6) is -1.13. The van der Waals surface area contributed by atoms with Gasteiger partial charge in [-0.05, 0) is 40.5 Å². The number of benzene rings is 2.